The quantitative estimate of drug-likeness (QED) is 0.520. The van der Waals surface area contributed by atoms with Crippen molar-refractivity contribution in [2.24, 2.45) is 0 Å². The molecule has 10 nitrogen and oxygen atoms in total. The second-order valence-corrected chi connectivity index (χ2v) is 10.6. The zero-order chi connectivity index (χ0) is 24.5. The minimum absolute atomic E-state index is 0.379. The second-order valence-electron chi connectivity index (χ2n) is 8.22. The molecule has 0 bridgehead atoms. The monoisotopic (exact) mass is 506 g/mol. The predicted molar refractivity (Wildman–Crippen MR) is 130 cm³/mol. The van der Waals surface area contributed by atoms with Crippen molar-refractivity contribution in [2.45, 2.75) is 25.5 Å². The van der Waals surface area contributed by atoms with Crippen LogP contribution in [0.15, 0.2) is 53.7 Å². The summed E-state index contributed by atoms with van der Waals surface area (Å²) in [5.74, 6) is 0.710. The van der Waals surface area contributed by atoms with Crippen LogP contribution in [0.3, 0.4) is 0 Å². The zero-order valence-corrected chi connectivity index (χ0v) is 20.5. The van der Waals surface area contributed by atoms with E-state index in [0.717, 1.165) is 0 Å². The molecular weight excluding hydrogens is 480 g/mol. The van der Waals surface area contributed by atoms with E-state index < -0.39 is 22.2 Å². The molecule has 182 valence electrons. The van der Waals surface area contributed by atoms with E-state index in [4.69, 9.17) is 11.6 Å². The lowest BCUT2D eigenvalue weighted by atomic mass is 10.0. The fraction of sp³-hybridized carbons (Fsp3) is 0.409. The number of piperazine rings is 1. The Morgan fingerprint density at radius 1 is 1.09 bits per heavy atom. The van der Waals surface area contributed by atoms with Gasteiger partial charge >= 0.3 is 5.69 Å². The van der Waals surface area contributed by atoms with Crippen molar-refractivity contribution in [3.8, 4) is 5.69 Å². The Labute approximate surface area is 203 Å². The van der Waals surface area contributed by atoms with E-state index in [1.165, 1.54) is 26.1 Å². The maximum Gasteiger partial charge on any atom is 0.350 e. The Bertz CT molecular complexity index is 1280. The lowest BCUT2D eigenvalue weighted by molar-refractivity contribution is 0.101. The number of hydrogen-bond acceptors (Lipinski definition) is 7. The summed E-state index contributed by atoms with van der Waals surface area (Å²) in [6.45, 7) is 3.77. The maximum atomic E-state index is 13.1. The molecule has 4 rings (SSSR count). The highest BCUT2D eigenvalue weighted by molar-refractivity contribution is 7.88. The standard InChI is InChI=1S/C22H27ClN6O4S/c1-3-19(21(30)16-4-6-17(23)7-5-16)29-22(31)28(15-25-29)18-8-9-20(24-14-18)26-10-12-27(13-11-26)34(2,32)33/h4-9,14-15,19,21,30H,3,10-13H2,1-2H3. The van der Waals surface area contributed by atoms with E-state index >= 15 is 0 Å². The molecule has 34 heavy (non-hydrogen) atoms. The number of halogens is 1. The maximum absolute atomic E-state index is 13.1. The van der Waals surface area contributed by atoms with Crippen molar-refractivity contribution in [3.05, 3.63) is 70.0 Å². The Morgan fingerprint density at radius 2 is 1.76 bits per heavy atom. The SMILES string of the molecule is CCC(C(O)c1ccc(Cl)cc1)n1ncn(-c2ccc(N3CCN(S(C)(=O)=O)CC3)nc2)c1=O. The van der Waals surface area contributed by atoms with Crippen LogP contribution < -0.4 is 10.6 Å². The molecule has 0 radical (unpaired) electrons. The van der Waals surface area contributed by atoms with Gasteiger partial charge in [0.05, 0.1) is 24.2 Å². The third-order valence-corrected chi connectivity index (χ3v) is 7.60. The fourth-order valence-electron chi connectivity index (χ4n) is 4.09. The van der Waals surface area contributed by atoms with Gasteiger partial charge < -0.3 is 10.0 Å². The van der Waals surface area contributed by atoms with Crippen LogP contribution in [0, 0.1) is 0 Å². The van der Waals surface area contributed by atoms with Crippen LogP contribution in [0.25, 0.3) is 5.69 Å². The molecule has 0 aliphatic carbocycles. The number of sulfonamides is 1. The van der Waals surface area contributed by atoms with Crippen LogP contribution in [0.5, 0.6) is 0 Å². The largest absolute Gasteiger partial charge is 0.386 e. The summed E-state index contributed by atoms with van der Waals surface area (Å²) in [6.07, 6.45) is 3.79. The van der Waals surface area contributed by atoms with Gasteiger partial charge in [0.15, 0.2) is 0 Å². The number of rotatable bonds is 7. The molecule has 0 saturated carbocycles. The smallest absolute Gasteiger partial charge is 0.350 e. The van der Waals surface area contributed by atoms with Crippen molar-refractivity contribution in [1.29, 1.82) is 0 Å². The van der Waals surface area contributed by atoms with E-state index in [1.807, 2.05) is 11.8 Å². The third kappa shape index (κ3) is 5.02. The first-order valence-electron chi connectivity index (χ1n) is 10.9. The van der Waals surface area contributed by atoms with Crippen LogP contribution in [0.4, 0.5) is 5.82 Å². The van der Waals surface area contributed by atoms with Crippen molar-refractivity contribution < 1.29 is 13.5 Å². The summed E-state index contributed by atoms with van der Waals surface area (Å²) in [6, 6.07) is 9.88. The highest BCUT2D eigenvalue weighted by Gasteiger charge is 2.26. The van der Waals surface area contributed by atoms with Crippen LogP contribution >= 0.6 is 11.6 Å². The van der Waals surface area contributed by atoms with Gasteiger partial charge in [0.25, 0.3) is 0 Å². The zero-order valence-electron chi connectivity index (χ0n) is 19.0. The van der Waals surface area contributed by atoms with Gasteiger partial charge in [-0.05, 0) is 36.2 Å². The first-order valence-corrected chi connectivity index (χ1v) is 13.2. The topological polar surface area (TPSA) is 114 Å². The highest BCUT2D eigenvalue weighted by atomic mass is 35.5. The molecule has 0 amide bonds. The normalized spacial score (nSPS) is 17.0. The molecule has 0 spiro atoms. The van der Waals surface area contributed by atoms with E-state index in [2.05, 4.69) is 10.1 Å². The number of hydrogen-bond donors (Lipinski definition) is 1. The van der Waals surface area contributed by atoms with Gasteiger partial charge in [-0.2, -0.15) is 9.40 Å². The van der Waals surface area contributed by atoms with Gasteiger partial charge in [0, 0.05) is 31.2 Å². The van der Waals surface area contributed by atoms with E-state index in [9.17, 15) is 18.3 Å². The number of aromatic nitrogens is 4. The van der Waals surface area contributed by atoms with Gasteiger partial charge in [0.2, 0.25) is 10.0 Å². The second kappa shape index (κ2) is 9.87. The van der Waals surface area contributed by atoms with Crippen LogP contribution in [0.2, 0.25) is 5.02 Å². The van der Waals surface area contributed by atoms with Gasteiger partial charge in [-0.1, -0.05) is 30.7 Å². The Kier molecular flexibility index (Phi) is 7.08. The summed E-state index contributed by atoms with van der Waals surface area (Å²) in [4.78, 5) is 19.6. The number of pyridine rings is 1. The lowest BCUT2D eigenvalue weighted by Gasteiger charge is -2.33. The molecule has 1 aliphatic heterocycles. The Hall–Kier alpha value is -2.73. The van der Waals surface area contributed by atoms with Gasteiger partial charge in [-0.25, -0.2) is 27.4 Å². The molecular formula is C22H27ClN6O4S. The minimum Gasteiger partial charge on any atom is -0.386 e. The first-order chi connectivity index (χ1) is 16.2. The summed E-state index contributed by atoms with van der Waals surface area (Å²) in [5.41, 5.74) is 0.821. The average molecular weight is 507 g/mol. The molecule has 1 saturated heterocycles. The van der Waals surface area contributed by atoms with Gasteiger partial charge in [-0.15, -0.1) is 0 Å². The van der Waals surface area contributed by atoms with Crippen molar-refractivity contribution in [2.75, 3.05) is 37.3 Å². The average Bonchev–Trinajstić information content (AvgIpc) is 3.20. The Balaban J connectivity index is 1.51. The molecule has 2 aromatic heterocycles. The number of aliphatic hydroxyl groups excluding tert-OH is 1. The van der Waals surface area contributed by atoms with Crippen molar-refractivity contribution in [3.63, 3.8) is 0 Å². The molecule has 2 unspecified atom stereocenters. The molecule has 3 aromatic rings. The number of benzene rings is 1. The van der Waals surface area contributed by atoms with Crippen LogP contribution in [-0.2, 0) is 10.0 Å². The summed E-state index contributed by atoms with van der Waals surface area (Å²) in [5, 5.41) is 15.7. The van der Waals surface area contributed by atoms with Crippen LogP contribution in [-0.4, -0.2) is 69.6 Å². The van der Waals surface area contributed by atoms with Gasteiger partial charge in [0.1, 0.15) is 18.2 Å². The third-order valence-electron chi connectivity index (χ3n) is 6.04. The van der Waals surface area contributed by atoms with Crippen molar-refractivity contribution >= 4 is 27.4 Å². The molecule has 1 fully saturated rings. The van der Waals surface area contributed by atoms with E-state index in [-0.39, 0.29) is 5.69 Å². The molecule has 2 atom stereocenters. The molecule has 1 aliphatic rings. The molecule has 3 heterocycles. The Morgan fingerprint density at radius 3 is 2.32 bits per heavy atom. The van der Waals surface area contributed by atoms with Crippen molar-refractivity contribution in [1.82, 2.24) is 23.6 Å². The van der Waals surface area contributed by atoms with E-state index in [0.29, 0.717) is 54.7 Å². The summed E-state index contributed by atoms with van der Waals surface area (Å²) >= 11 is 5.94. The number of nitrogens with zero attached hydrogens (tertiary/aromatic N) is 6. The fourth-order valence-corrected chi connectivity index (χ4v) is 5.04. The predicted octanol–water partition coefficient (Wildman–Crippen LogP) is 1.85. The highest BCUT2D eigenvalue weighted by Crippen LogP contribution is 2.28. The molecule has 1 N–H and O–H groups in total. The molecule has 1 aromatic carbocycles. The number of aliphatic hydroxyl groups is 1. The summed E-state index contributed by atoms with van der Waals surface area (Å²) in [7, 11) is -3.20. The number of anilines is 1. The van der Waals surface area contributed by atoms with Gasteiger partial charge in [-0.3, -0.25) is 0 Å². The first kappa shape index (κ1) is 24.4. The lowest BCUT2D eigenvalue weighted by Crippen LogP contribution is -2.48. The molecule has 12 heteroatoms. The van der Waals surface area contributed by atoms with E-state index in [1.54, 1.807) is 42.6 Å². The van der Waals surface area contributed by atoms with Crippen LogP contribution in [0.1, 0.15) is 31.1 Å². The summed E-state index contributed by atoms with van der Waals surface area (Å²) < 4.78 is 27.5. The minimum atomic E-state index is -3.20.